The molecule has 2 nitrogen and oxygen atoms in total. The zero-order valence-corrected chi connectivity index (χ0v) is 8.45. The molecule has 0 fully saturated rings. The topological polar surface area (TPSA) is 21.5 Å². The van der Waals surface area contributed by atoms with Crippen molar-refractivity contribution in [1.29, 1.82) is 0 Å². The van der Waals surface area contributed by atoms with Gasteiger partial charge in [0.2, 0.25) is 0 Å². The highest BCUT2D eigenvalue weighted by atomic mass is 16.1. The molecular weight excluding hydrogens is 174 g/mol. The van der Waals surface area contributed by atoms with Crippen LogP contribution in [0.1, 0.15) is 29.3 Å². The largest absolute Gasteiger partial charge is 0.323 e. The first kappa shape index (κ1) is 9.00. The van der Waals surface area contributed by atoms with Gasteiger partial charge in [-0.3, -0.25) is 4.79 Å². The molecule has 0 radical (unpaired) electrons. The molecule has 14 heavy (non-hydrogen) atoms. The van der Waals surface area contributed by atoms with Crippen molar-refractivity contribution < 1.29 is 4.79 Å². The summed E-state index contributed by atoms with van der Waals surface area (Å²) in [5.74, 6) is 0.219. The fourth-order valence-corrected chi connectivity index (χ4v) is 1.80. The summed E-state index contributed by atoms with van der Waals surface area (Å²) in [5, 5.41) is 0. The Balaban J connectivity index is 2.74. The Kier molecular flexibility index (Phi) is 2.12. The summed E-state index contributed by atoms with van der Waals surface area (Å²) in [6.45, 7) is 3.88. The van der Waals surface area contributed by atoms with E-state index in [2.05, 4.69) is 0 Å². The summed E-state index contributed by atoms with van der Waals surface area (Å²) < 4.78 is 2.00. The lowest BCUT2D eigenvalue weighted by Gasteiger charge is -1.97. The normalized spacial score (nSPS) is 10.7. The van der Waals surface area contributed by atoms with E-state index in [0.717, 1.165) is 16.6 Å². The average molecular weight is 187 g/mol. The molecule has 2 aromatic rings. The van der Waals surface area contributed by atoms with E-state index < -0.39 is 0 Å². The highest BCUT2D eigenvalue weighted by Crippen LogP contribution is 2.19. The number of pyridine rings is 1. The monoisotopic (exact) mass is 187 g/mol. The summed E-state index contributed by atoms with van der Waals surface area (Å²) in [6, 6.07) is 5.91. The summed E-state index contributed by atoms with van der Waals surface area (Å²) >= 11 is 0. The second-order valence-electron chi connectivity index (χ2n) is 3.46. The summed E-state index contributed by atoms with van der Waals surface area (Å²) in [4.78, 5) is 11.7. The first-order valence-electron chi connectivity index (χ1n) is 4.83. The maximum Gasteiger partial charge on any atom is 0.165 e. The van der Waals surface area contributed by atoms with Crippen molar-refractivity contribution in [2.24, 2.45) is 0 Å². The van der Waals surface area contributed by atoms with Crippen molar-refractivity contribution in [3.05, 3.63) is 41.7 Å². The maximum absolute atomic E-state index is 11.7. The van der Waals surface area contributed by atoms with Gasteiger partial charge in [0.1, 0.15) is 0 Å². The lowest BCUT2D eigenvalue weighted by Crippen LogP contribution is -1.97. The van der Waals surface area contributed by atoms with E-state index >= 15 is 0 Å². The van der Waals surface area contributed by atoms with Crippen molar-refractivity contribution in [3.63, 3.8) is 0 Å². The van der Waals surface area contributed by atoms with Crippen LogP contribution >= 0.6 is 0 Å². The van der Waals surface area contributed by atoms with Crippen LogP contribution in [0.25, 0.3) is 5.52 Å². The van der Waals surface area contributed by atoms with Gasteiger partial charge in [-0.15, -0.1) is 0 Å². The Labute approximate surface area is 83.2 Å². The number of rotatable bonds is 2. The number of carbonyl (C=O) groups is 1. The second kappa shape index (κ2) is 3.29. The van der Waals surface area contributed by atoms with Gasteiger partial charge >= 0.3 is 0 Å². The Morgan fingerprint density at radius 3 is 2.93 bits per heavy atom. The molecule has 2 aromatic heterocycles. The van der Waals surface area contributed by atoms with Gasteiger partial charge in [0.15, 0.2) is 5.78 Å². The van der Waals surface area contributed by atoms with Crippen LogP contribution in [0.2, 0.25) is 0 Å². The lowest BCUT2D eigenvalue weighted by molar-refractivity contribution is 0.0989. The number of hydrogen-bond acceptors (Lipinski definition) is 1. The molecule has 2 heteroatoms. The molecule has 0 bridgehead atoms. The van der Waals surface area contributed by atoms with Crippen LogP contribution in [-0.2, 0) is 0 Å². The second-order valence-corrected chi connectivity index (χ2v) is 3.46. The number of Topliss-reactive ketones (excluding diaryl/α,β-unsaturated/α-hetero) is 1. The van der Waals surface area contributed by atoms with Gasteiger partial charge < -0.3 is 4.40 Å². The van der Waals surface area contributed by atoms with Gasteiger partial charge in [0.25, 0.3) is 0 Å². The van der Waals surface area contributed by atoms with Crippen molar-refractivity contribution in [2.75, 3.05) is 0 Å². The fraction of sp³-hybridized carbons (Fsp3) is 0.250. The highest BCUT2D eigenvalue weighted by molar-refractivity contribution is 6.03. The first-order chi connectivity index (χ1) is 6.74. The zero-order chi connectivity index (χ0) is 10.1. The quantitative estimate of drug-likeness (QED) is 0.662. The van der Waals surface area contributed by atoms with Gasteiger partial charge in [-0.25, -0.2) is 0 Å². The van der Waals surface area contributed by atoms with Crippen molar-refractivity contribution >= 4 is 11.3 Å². The third-order valence-corrected chi connectivity index (χ3v) is 2.47. The van der Waals surface area contributed by atoms with E-state index in [-0.39, 0.29) is 5.78 Å². The van der Waals surface area contributed by atoms with Crippen molar-refractivity contribution in [3.8, 4) is 0 Å². The molecule has 0 aliphatic heterocycles. The van der Waals surface area contributed by atoms with E-state index in [1.165, 1.54) is 0 Å². The van der Waals surface area contributed by atoms with Gasteiger partial charge in [-0.1, -0.05) is 13.0 Å². The highest BCUT2D eigenvalue weighted by Gasteiger charge is 2.12. The molecule has 2 rings (SSSR count). The van der Waals surface area contributed by atoms with Gasteiger partial charge in [0.05, 0.1) is 5.52 Å². The third-order valence-electron chi connectivity index (χ3n) is 2.47. The number of carbonyl (C=O) groups excluding carboxylic acids is 1. The molecule has 0 amide bonds. The molecule has 0 saturated carbocycles. The Bertz CT molecular complexity index is 482. The summed E-state index contributed by atoms with van der Waals surface area (Å²) in [7, 11) is 0. The molecule has 0 spiro atoms. The summed E-state index contributed by atoms with van der Waals surface area (Å²) in [5.41, 5.74) is 2.94. The minimum Gasteiger partial charge on any atom is -0.323 e. The molecular formula is C12H13NO. The average Bonchev–Trinajstić information content (AvgIpc) is 2.53. The Morgan fingerprint density at radius 2 is 2.21 bits per heavy atom. The molecule has 72 valence electrons. The van der Waals surface area contributed by atoms with Crippen LogP contribution in [0.15, 0.2) is 30.6 Å². The molecule has 0 atom stereocenters. The Morgan fingerprint density at radius 1 is 1.43 bits per heavy atom. The minimum atomic E-state index is 0.219. The van der Waals surface area contributed by atoms with Crippen LogP contribution < -0.4 is 0 Å². The van der Waals surface area contributed by atoms with E-state index in [1.807, 2.05) is 48.8 Å². The van der Waals surface area contributed by atoms with E-state index in [1.54, 1.807) is 0 Å². The molecule has 0 N–H and O–H groups in total. The fourth-order valence-electron chi connectivity index (χ4n) is 1.80. The van der Waals surface area contributed by atoms with Crippen LogP contribution in [0.3, 0.4) is 0 Å². The number of nitrogens with zero attached hydrogens (tertiary/aromatic N) is 1. The SMILES string of the molecule is CCC(=O)c1c(C)cn2ccccc12. The number of ketones is 1. The van der Waals surface area contributed by atoms with E-state index in [9.17, 15) is 4.79 Å². The zero-order valence-electron chi connectivity index (χ0n) is 8.45. The predicted molar refractivity (Wildman–Crippen MR) is 56.8 cm³/mol. The van der Waals surface area contributed by atoms with Gasteiger partial charge in [-0.05, 0) is 24.6 Å². The third kappa shape index (κ3) is 1.23. The Hall–Kier alpha value is -1.57. The number of hydrogen-bond donors (Lipinski definition) is 0. The first-order valence-corrected chi connectivity index (χ1v) is 4.83. The lowest BCUT2D eigenvalue weighted by atomic mass is 10.1. The maximum atomic E-state index is 11.7. The molecule has 0 aromatic carbocycles. The standard InChI is InChI=1S/C12H13NO/c1-3-11(14)12-9(2)8-13-7-5-4-6-10(12)13/h4-8H,3H2,1-2H3. The van der Waals surface area contributed by atoms with E-state index in [4.69, 9.17) is 0 Å². The predicted octanol–water partition coefficient (Wildman–Crippen LogP) is 2.84. The molecule has 0 unspecified atom stereocenters. The number of aromatic nitrogens is 1. The smallest absolute Gasteiger partial charge is 0.165 e. The van der Waals surface area contributed by atoms with Gasteiger partial charge in [0, 0.05) is 24.4 Å². The number of aryl methyl sites for hydroxylation is 1. The molecule has 0 aliphatic carbocycles. The van der Waals surface area contributed by atoms with Crippen molar-refractivity contribution in [1.82, 2.24) is 4.40 Å². The number of fused-ring (bicyclic) bond motifs is 1. The van der Waals surface area contributed by atoms with Crippen LogP contribution in [-0.4, -0.2) is 10.2 Å². The molecule has 0 saturated heterocycles. The van der Waals surface area contributed by atoms with Crippen molar-refractivity contribution in [2.45, 2.75) is 20.3 Å². The summed E-state index contributed by atoms with van der Waals surface area (Å²) in [6.07, 6.45) is 4.53. The van der Waals surface area contributed by atoms with Crippen LogP contribution in [0.5, 0.6) is 0 Å². The minimum absolute atomic E-state index is 0.219. The van der Waals surface area contributed by atoms with Crippen LogP contribution in [0.4, 0.5) is 0 Å². The molecule has 2 heterocycles. The van der Waals surface area contributed by atoms with E-state index in [0.29, 0.717) is 6.42 Å². The molecule has 0 aliphatic rings. The van der Waals surface area contributed by atoms with Gasteiger partial charge in [-0.2, -0.15) is 0 Å². The van der Waals surface area contributed by atoms with Crippen LogP contribution in [0, 0.1) is 6.92 Å².